The molecule has 1 aliphatic rings. The molecule has 1 heterocycles. The number of nitrogens with zero attached hydrogens (tertiary/aromatic N) is 2. The molecule has 0 bridgehead atoms. The molecule has 0 aromatic heterocycles. The predicted molar refractivity (Wildman–Crippen MR) is 156 cm³/mol. The molecule has 13 heteroatoms. The number of rotatable bonds is 11. The number of nitrogens with one attached hydrogen (secondary N) is 1. The minimum atomic E-state index is -0.927. The van der Waals surface area contributed by atoms with Gasteiger partial charge in [0.1, 0.15) is 23.7 Å². The molecule has 1 N–H and O–H groups in total. The number of amides is 4. The minimum Gasteiger partial charge on any atom is -0.494 e. The first-order chi connectivity index (χ1) is 20.2. The zero-order valence-corrected chi connectivity index (χ0v) is 24.4. The maximum absolute atomic E-state index is 13.6. The van der Waals surface area contributed by atoms with E-state index < -0.39 is 22.8 Å². The van der Waals surface area contributed by atoms with Crippen molar-refractivity contribution < 1.29 is 38.3 Å². The van der Waals surface area contributed by atoms with Gasteiger partial charge in [-0.15, -0.1) is 0 Å². The van der Waals surface area contributed by atoms with Crippen LogP contribution in [0.5, 0.6) is 23.0 Å². The maximum Gasteiger partial charge on any atom is 0.336 e. The van der Waals surface area contributed by atoms with Crippen LogP contribution < -0.4 is 29.2 Å². The number of carbonyl (C=O) groups excluding carboxylic acids is 3. The third-order valence-electron chi connectivity index (χ3n) is 6.01. The molecule has 218 valence electrons. The molecule has 0 unspecified atom stereocenters. The van der Waals surface area contributed by atoms with Crippen LogP contribution in [-0.4, -0.2) is 43.1 Å². The number of anilines is 1. The van der Waals surface area contributed by atoms with Crippen LogP contribution >= 0.6 is 15.9 Å². The molecule has 4 amide bonds. The number of hydrogen-bond acceptors (Lipinski definition) is 9. The molecule has 0 radical (unpaired) electrons. The summed E-state index contributed by atoms with van der Waals surface area (Å²) >= 11 is 3.44. The van der Waals surface area contributed by atoms with Gasteiger partial charge < -0.3 is 18.9 Å². The fraction of sp³-hybridized carbons (Fsp3) is 0.207. The van der Waals surface area contributed by atoms with Gasteiger partial charge in [0, 0.05) is 22.7 Å². The summed E-state index contributed by atoms with van der Waals surface area (Å²) < 4.78 is 23.0. The number of halogens is 1. The van der Waals surface area contributed by atoms with Crippen molar-refractivity contribution in [2.24, 2.45) is 0 Å². The molecule has 1 saturated heterocycles. The topological polar surface area (TPSA) is 147 Å². The van der Waals surface area contributed by atoms with E-state index in [0.29, 0.717) is 39.5 Å². The van der Waals surface area contributed by atoms with Crippen molar-refractivity contribution in [3.8, 4) is 23.0 Å². The number of methoxy groups -OCH3 is 1. The maximum atomic E-state index is 13.6. The summed E-state index contributed by atoms with van der Waals surface area (Å²) in [4.78, 5) is 50.5. The van der Waals surface area contributed by atoms with Crippen LogP contribution in [0.2, 0.25) is 0 Å². The van der Waals surface area contributed by atoms with E-state index in [4.69, 9.17) is 18.9 Å². The lowest BCUT2D eigenvalue weighted by molar-refractivity contribution is -0.384. The fourth-order valence-electron chi connectivity index (χ4n) is 4.05. The van der Waals surface area contributed by atoms with E-state index in [1.54, 1.807) is 50.2 Å². The van der Waals surface area contributed by atoms with Gasteiger partial charge in [-0.25, -0.2) is 9.69 Å². The lowest BCUT2D eigenvalue weighted by Gasteiger charge is -2.28. The Hall–Kier alpha value is -4.91. The normalized spacial score (nSPS) is 14.0. The van der Waals surface area contributed by atoms with Crippen molar-refractivity contribution in [3.05, 3.63) is 85.9 Å². The number of non-ortho nitro benzene ring substituents is 1. The zero-order valence-electron chi connectivity index (χ0n) is 22.8. The van der Waals surface area contributed by atoms with Gasteiger partial charge in [-0.05, 0) is 67.4 Å². The van der Waals surface area contributed by atoms with E-state index >= 15 is 0 Å². The van der Waals surface area contributed by atoms with Gasteiger partial charge >= 0.3 is 6.03 Å². The summed E-state index contributed by atoms with van der Waals surface area (Å²) in [6.07, 6.45) is 1.33. The molecule has 0 spiro atoms. The highest BCUT2D eigenvalue weighted by Gasteiger charge is 2.38. The Kier molecular flexibility index (Phi) is 9.42. The fourth-order valence-corrected chi connectivity index (χ4v) is 4.48. The highest BCUT2D eigenvalue weighted by atomic mass is 79.9. The first kappa shape index (κ1) is 30.1. The Bertz CT molecular complexity index is 1570. The predicted octanol–water partition coefficient (Wildman–Crippen LogP) is 5.41. The van der Waals surface area contributed by atoms with Crippen molar-refractivity contribution in [1.29, 1.82) is 0 Å². The largest absolute Gasteiger partial charge is 0.494 e. The third-order valence-corrected chi connectivity index (χ3v) is 6.69. The van der Waals surface area contributed by atoms with Gasteiger partial charge in [0.05, 0.1) is 30.9 Å². The summed E-state index contributed by atoms with van der Waals surface area (Å²) in [6, 6.07) is 12.9. The van der Waals surface area contributed by atoms with E-state index in [1.165, 1.54) is 31.4 Å². The molecule has 42 heavy (non-hydrogen) atoms. The average molecular weight is 640 g/mol. The molecule has 0 atom stereocenters. The summed E-state index contributed by atoms with van der Waals surface area (Å²) in [5, 5.41) is 13.1. The molecule has 3 aromatic carbocycles. The molecule has 0 aliphatic carbocycles. The smallest absolute Gasteiger partial charge is 0.336 e. The van der Waals surface area contributed by atoms with Crippen molar-refractivity contribution in [1.82, 2.24) is 5.32 Å². The average Bonchev–Trinajstić information content (AvgIpc) is 2.96. The number of imide groups is 2. The van der Waals surface area contributed by atoms with Gasteiger partial charge in [0.15, 0.2) is 11.5 Å². The lowest BCUT2D eigenvalue weighted by atomic mass is 10.1. The molecular formula is C29H26BrN3O9. The summed E-state index contributed by atoms with van der Waals surface area (Å²) in [7, 11) is 1.43. The molecule has 12 nitrogen and oxygen atoms in total. The highest BCUT2D eigenvalue weighted by molar-refractivity contribution is 9.10. The first-order valence-electron chi connectivity index (χ1n) is 12.7. The Morgan fingerprint density at radius 2 is 1.64 bits per heavy atom. The van der Waals surface area contributed by atoms with Gasteiger partial charge in [0.25, 0.3) is 17.5 Å². The third kappa shape index (κ3) is 6.52. The lowest BCUT2D eigenvalue weighted by Crippen LogP contribution is -2.54. The van der Waals surface area contributed by atoms with Crippen molar-refractivity contribution >= 4 is 51.2 Å². The second-order valence-corrected chi connectivity index (χ2v) is 9.54. The molecule has 1 fully saturated rings. The van der Waals surface area contributed by atoms with Crippen LogP contribution in [0.3, 0.4) is 0 Å². The number of ether oxygens (including phenoxy) is 4. The quantitative estimate of drug-likeness (QED) is 0.126. The molecular weight excluding hydrogens is 614 g/mol. The molecule has 0 saturated carbocycles. The van der Waals surface area contributed by atoms with Crippen LogP contribution in [0.4, 0.5) is 16.2 Å². The van der Waals surface area contributed by atoms with Gasteiger partial charge in [-0.1, -0.05) is 15.9 Å². The Balaban J connectivity index is 1.65. The highest BCUT2D eigenvalue weighted by Crippen LogP contribution is 2.37. The molecule has 1 aliphatic heterocycles. The summed E-state index contributed by atoms with van der Waals surface area (Å²) in [6.45, 7) is 4.30. The van der Waals surface area contributed by atoms with Gasteiger partial charge in [0.2, 0.25) is 0 Å². The molecule has 4 rings (SSSR count). The van der Waals surface area contributed by atoms with Gasteiger partial charge in [-0.2, -0.15) is 0 Å². The van der Waals surface area contributed by atoms with Crippen LogP contribution in [0.15, 0.2) is 64.6 Å². The van der Waals surface area contributed by atoms with Crippen LogP contribution in [0.25, 0.3) is 6.08 Å². The number of urea groups is 1. The summed E-state index contributed by atoms with van der Waals surface area (Å²) in [5.74, 6) is -0.416. The minimum absolute atomic E-state index is 0.0332. The van der Waals surface area contributed by atoms with E-state index in [1.807, 2.05) is 0 Å². The number of benzene rings is 3. The summed E-state index contributed by atoms with van der Waals surface area (Å²) in [5.41, 5.74) is 0.875. The number of carbonyl (C=O) groups is 3. The van der Waals surface area contributed by atoms with E-state index in [-0.39, 0.29) is 35.9 Å². The molecule has 3 aromatic rings. The number of nitro benzene ring substituents is 1. The van der Waals surface area contributed by atoms with Crippen molar-refractivity contribution in [2.75, 3.05) is 25.2 Å². The SMILES string of the molecule is CCOc1ccc(OCC)c(N2C(=O)NC(=O)/C(=C\c3cc(OC)c(OCc4ccc([N+](=O)[O-])cc4)cc3Br)C2=O)c1. The first-order valence-corrected chi connectivity index (χ1v) is 13.5. The zero-order chi connectivity index (χ0) is 30.4. The van der Waals surface area contributed by atoms with E-state index in [0.717, 1.165) is 4.90 Å². The van der Waals surface area contributed by atoms with E-state index in [9.17, 15) is 24.5 Å². The van der Waals surface area contributed by atoms with Crippen molar-refractivity contribution in [3.63, 3.8) is 0 Å². The second-order valence-electron chi connectivity index (χ2n) is 8.69. The Morgan fingerprint density at radius 1 is 0.929 bits per heavy atom. The van der Waals surface area contributed by atoms with Crippen LogP contribution in [0, 0.1) is 10.1 Å². The monoisotopic (exact) mass is 639 g/mol. The Labute approximate surface area is 249 Å². The standard InChI is InChI=1S/C29H26BrN3O9/c1-4-40-20-10-11-24(41-5-2)23(14-20)32-28(35)21(27(34)31-29(32)36)12-18-13-25(39-3)26(15-22(18)30)42-16-17-6-8-19(9-7-17)33(37)38/h6-15H,4-5,16H2,1-3H3,(H,31,34,36)/b21-12+. The van der Waals surface area contributed by atoms with Crippen LogP contribution in [0.1, 0.15) is 25.0 Å². The Morgan fingerprint density at radius 3 is 2.29 bits per heavy atom. The number of nitro groups is 1. The van der Waals surface area contributed by atoms with Crippen molar-refractivity contribution in [2.45, 2.75) is 20.5 Å². The number of hydrogen-bond donors (Lipinski definition) is 1. The van der Waals surface area contributed by atoms with Gasteiger partial charge in [-0.3, -0.25) is 25.0 Å². The number of barbiturate groups is 1. The second kappa shape index (κ2) is 13.2. The van der Waals surface area contributed by atoms with Crippen LogP contribution in [-0.2, 0) is 16.2 Å². The van der Waals surface area contributed by atoms with E-state index in [2.05, 4.69) is 21.2 Å².